The number of rotatable bonds is 4. The molecule has 4 rings (SSSR count). The van der Waals surface area contributed by atoms with Gasteiger partial charge in [-0.2, -0.15) is 5.26 Å². The number of aryl methyl sites for hydroxylation is 3. The molecule has 0 saturated carbocycles. The van der Waals surface area contributed by atoms with E-state index in [1.807, 2.05) is 12.1 Å². The number of aromatic nitrogens is 2. The van der Waals surface area contributed by atoms with Gasteiger partial charge >= 0.3 is 5.97 Å². The fraction of sp³-hybridized carbons (Fsp3) is 0.273. The van der Waals surface area contributed by atoms with Crippen LogP contribution in [0.15, 0.2) is 34.7 Å². The van der Waals surface area contributed by atoms with Crippen LogP contribution in [0.25, 0.3) is 11.3 Å². The first-order chi connectivity index (χ1) is 14.1. The van der Waals surface area contributed by atoms with Crippen LogP contribution in [0.4, 0.5) is 11.7 Å². The number of nitrogens with zero attached hydrogens (tertiary/aromatic N) is 3. The number of esters is 1. The van der Waals surface area contributed by atoms with Crippen molar-refractivity contribution in [3.05, 3.63) is 58.3 Å². The third-order valence-corrected chi connectivity index (χ3v) is 5.14. The Hall–Kier alpha value is -3.66. The fourth-order valence-electron chi connectivity index (χ4n) is 3.65. The van der Waals surface area contributed by atoms with Crippen molar-refractivity contribution in [2.75, 3.05) is 12.4 Å². The smallest absolute Gasteiger partial charge is 0.342 e. The Labute approximate surface area is 168 Å². The molecule has 146 valence electrons. The largest absolute Gasteiger partial charge is 0.465 e. The van der Waals surface area contributed by atoms with Crippen molar-refractivity contribution < 1.29 is 13.9 Å². The molecule has 0 aliphatic heterocycles. The first-order valence-electron chi connectivity index (χ1n) is 9.45. The van der Waals surface area contributed by atoms with E-state index in [4.69, 9.17) is 9.15 Å². The van der Waals surface area contributed by atoms with E-state index in [0.29, 0.717) is 11.6 Å². The van der Waals surface area contributed by atoms with Gasteiger partial charge in [0, 0.05) is 5.56 Å². The van der Waals surface area contributed by atoms with Gasteiger partial charge in [-0.25, -0.2) is 4.79 Å². The Balaban J connectivity index is 1.58. The van der Waals surface area contributed by atoms with Gasteiger partial charge < -0.3 is 14.5 Å². The predicted octanol–water partition coefficient (Wildman–Crippen LogP) is 4.33. The third-order valence-electron chi connectivity index (χ3n) is 5.14. The van der Waals surface area contributed by atoms with Crippen LogP contribution in [0.2, 0.25) is 0 Å². The lowest BCUT2D eigenvalue weighted by Gasteiger charge is -2.16. The molecule has 0 amide bonds. The SMILES string of the molecule is COC(=O)c1c(C)oc(Nc2ccc(-c3ccc4c(c3)CCCC4)nn2)c1C#N. The first kappa shape index (κ1) is 18.7. The van der Waals surface area contributed by atoms with Crippen molar-refractivity contribution in [3.63, 3.8) is 0 Å². The summed E-state index contributed by atoms with van der Waals surface area (Å²) in [6.45, 7) is 1.60. The number of methoxy groups -OCH3 is 1. The molecule has 3 aromatic rings. The fourth-order valence-corrected chi connectivity index (χ4v) is 3.65. The minimum Gasteiger partial charge on any atom is -0.465 e. The lowest BCUT2D eigenvalue weighted by molar-refractivity contribution is 0.0598. The normalized spacial score (nSPS) is 12.7. The quantitative estimate of drug-likeness (QED) is 0.664. The van der Waals surface area contributed by atoms with Gasteiger partial charge in [0.2, 0.25) is 5.88 Å². The van der Waals surface area contributed by atoms with Crippen LogP contribution in [-0.2, 0) is 17.6 Å². The molecule has 0 fully saturated rings. The van der Waals surface area contributed by atoms with E-state index in [9.17, 15) is 10.1 Å². The Morgan fingerprint density at radius 2 is 1.97 bits per heavy atom. The molecule has 1 aromatic carbocycles. The lowest BCUT2D eigenvalue weighted by atomic mass is 9.90. The van der Waals surface area contributed by atoms with E-state index in [1.165, 1.54) is 31.1 Å². The number of carbonyl (C=O) groups excluding carboxylic acids is 1. The summed E-state index contributed by atoms with van der Waals surface area (Å²) in [6.07, 6.45) is 4.72. The lowest BCUT2D eigenvalue weighted by Crippen LogP contribution is -2.04. The van der Waals surface area contributed by atoms with Crippen molar-refractivity contribution in [2.24, 2.45) is 0 Å². The number of fused-ring (bicyclic) bond motifs is 1. The zero-order chi connectivity index (χ0) is 20.4. The molecule has 0 bridgehead atoms. The summed E-state index contributed by atoms with van der Waals surface area (Å²) in [6, 6.07) is 12.1. The van der Waals surface area contributed by atoms with Gasteiger partial charge in [-0.15, -0.1) is 10.2 Å². The summed E-state index contributed by atoms with van der Waals surface area (Å²) in [4.78, 5) is 11.9. The number of anilines is 2. The van der Waals surface area contributed by atoms with Crippen LogP contribution in [0.5, 0.6) is 0 Å². The predicted molar refractivity (Wildman–Crippen MR) is 107 cm³/mol. The maximum absolute atomic E-state index is 11.9. The molecule has 0 spiro atoms. The van der Waals surface area contributed by atoms with E-state index in [-0.39, 0.29) is 17.0 Å². The topological polar surface area (TPSA) is 101 Å². The van der Waals surface area contributed by atoms with Crippen molar-refractivity contribution in [1.82, 2.24) is 10.2 Å². The maximum atomic E-state index is 11.9. The molecule has 1 aliphatic carbocycles. The zero-order valence-electron chi connectivity index (χ0n) is 16.3. The van der Waals surface area contributed by atoms with Gasteiger partial charge in [0.25, 0.3) is 0 Å². The summed E-state index contributed by atoms with van der Waals surface area (Å²) in [5.41, 5.74) is 4.80. The molecular formula is C22H20N4O3. The Bertz CT molecular complexity index is 1110. The minimum absolute atomic E-state index is 0.0786. The molecule has 0 saturated heterocycles. The minimum atomic E-state index is -0.621. The standard InChI is InChI=1S/C22H20N4O3/c1-13-20(22(27)28-2)17(12-23)21(29-13)24-19-10-9-18(25-26-19)16-8-7-14-5-3-4-6-15(14)11-16/h7-11H,3-6H2,1-2H3,(H,24,26). The van der Waals surface area contributed by atoms with Gasteiger partial charge in [0.15, 0.2) is 5.82 Å². The second kappa shape index (κ2) is 7.76. The maximum Gasteiger partial charge on any atom is 0.342 e. The van der Waals surface area contributed by atoms with E-state index in [1.54, 1.807) is 13.0 Å². The molecule has 2 heterocycles. The molecule has 0 atom stereocenters. The second-order valence-corrected chi connectivity index (χ2v) is 6.96. The van der Waals surface area contributed by atoms with E-state index in [2.05, 4.69) is 33.7 Å². The number of ether oxygens (including phenoxy) is 1. The average Bonchev–Trinajstić information content (AvgIpc) is 3.08. The van der Waals surface area contributed by atoms with Crippen molar-refractivity contribution in [3.8, 4) is 17.3 Å². The highest BCUT2D eigenvalue weighted by atomic mass is 16.5. The molecular weight excluding hydrogens is 368 g/mol. The number of hydrogen-bond donors (Lipinski definition) is 1. The number of hydrogen-bond acceptors (Lipinski definition) is 7. The summed E-state index contributed by atoms with van der Waals surface area (Å²) in [7, 11) is 1.26. The van der Waals surface area contributed by atoms with E-state index < -0.39 is 5.97 Å². The molecule has 1 aliphatic rings. The van der Waals surface area contributed by atoms with Crippen LogP contribution in [0.3, 0.4) is 0 Å². The number of nitriles is 1. The van der Waals surface area contributed by atoms with Crippen LogP contribution < -0.4 is 5.32 Å². The van der Waals surface area contributed by atoms with E-state index in [0.717, 1.165) is 24.1 Å². The van der Waals surface area contributed by atoms with Crippen LogP contribution in [-0.4, -0.2) is 23.3 Å². The van der Waals surface area contributed by atoms with Gasteiger partial charge in [-0.1, -0.05) is 12.1 Å². The Morgan fingerprint density at radius 3 is 2.66 bits per heavy atom. The van der Waals surface area contributed by atoms with Crippen LogP contribution in [0.1, 0.15) is 45.7 Å². The zero-order valence-corrected chi connectivity index (χ0v) is 16.3. The average molecular weight is 388 g/mol. The summed E-state index contributed by atoms with van der Waals surface area (Å²) in [5, 5.41) is 20.8. The summed E-state index contributed by atoms with van der Waals surface area (Å²) in [5.74, 6) is 0.230. The number of carbonyl (C=O) groups is 1. The van der Waals surface area contributed by atoms with Crippen molar-refractivity contribution >= 4 is 17.7 Å². The molecule has 2 aromatic heterocycles. The molecule has 7 nitrogen and oxygen atoms in total. The number of furan rings is 1. The number of nitrogens with one attached hydrogen (secondary N) is 1. The molecule has 0 radical (unpaired) electrons. The highest BCUT2D eigenvalue weighted by molar-refractivity contribution is 5.95. The highest BCUT2D eigenvalue weighted by Crippen LogP contribution is 2.30. The van der Waals surface area contributed by atoms with Crippen molar-refractivity contribution in [1.29, 1.82) is 5.26 Å². The van der Waals surface area contributed by atoms with Gasteiger partial charge in [0.05, 0.1) is 12.8 Å². The Kier molecular flexibility index (Phi) is 5.00. The molecule has 29 heavy (non-hydrogen) atoms. The number of benzene rings is 1. The van der Waals surface area contributed by atoms with Crippen LogP contribution >= 0.6 is 0 Å². The van der Waals surface area contributed by atoms with Gasteiger partial charge in [0.1, 0.15) is 23.0 Å². The summed E-state index contributed by atoms with van der Waals surface area (Å²) < 4.78 is 10.3. The monoisotopic (exact) mass is 388 g/mol. The molecule has 7 heteroatoms. The highest BCUT2D eigenvalue weighted by Gasteiger charge is 2.24. The Morgan fingerprint density at radius 1 is 1.17 bits per heavy atom. The van der Waals surface area contributed by atoms with Gasteiger partial charge in [-0.05, 0) is 61.9 Å². The second-order valence-electron chi connectivity index (χ2n) is 6.96. The van der Waals surface area contributed by atoms with Crippen LogP contribution in [0, 0.1) is 18.3 Å². The van der Waals surface area contributed by atoms with Crippen molar-refractivity contribution in [2.45, 2.75) is 32.6 Å². The van der Waals surface area contributed by atoms with Gasteiger partial charge in [-0.3, -0.25) is 0 Å². The molecule has 0 unspecified atom stereocenters. The molecule has 1 N–H and O–H groups in total. The summed E-state index contributed by atoms with van der Waals surface area (Å²) >= 11 is 0. The third kappa shape index (κ3) is 3.57. The van der Waals surface area contributed by atoms with E-state index >= 15 is 0 Å². The first-order valence-corrected chi connectivity index (χ1v) is 9.45.